The first-order valence-electron chi connectivity index (χ1n) is 7.58. The molecule has 8 heteroatoms. The monoisotopic (exact) mass is 335 g/mol. The highest BCUT2D eigenvalue weighted by Crippen LogP contribution is 2.24. The second kappa shape index (κ2) is 8.19. The smallest absolute Gasteiger partial charge is 0.428 e. The summed E-state index contributed by atoms with van der Waals surface area (Å²) in [5.74, 6) is 0.108. The number of nitrogens with zero attached hydrogens (tertiary/aromatic N) is 3. The van der Waals surface area contributed by atoms with Crippen molar-refractivity contribution >= 4 is 12.0 Å². The average molecular weight is 335 g/mol. The Hall–Kier alpha value is -2.77. The summed E-state index contributed by atoms with van der Waals surface area (Å²) in [6.45, 7) is 4.64. The van der Waals surface area contributed by atoms with Gasteiger partial charge in [-0.3, -0.25) is 4.79 Å². The number of hydrazine groups is 1. The van der Waals surface area contributed by atoms with E-state index < -0.39 is 6.09 Å². The zero-order valence-corrected chi connectivity index (χ0v) is 13.9. The minimum Gasteiger partial charge on any atom is -0.481 e. The van der Waals surface area contributed by atoms with Gasteiger partial charge in [0.05, 0.1) is 20.8 Å². The van der Waals surface area contributed by atoms with Crippen molar-refractivity contribution in [2.75, 3.05) is 33.9 Å². The second-order valence-corrected chi connectivity index (χ2v) is 5.01. The maximum absolute atomic E-state index is 12.8. The fourth-order valence-electron chi connectivity index (χ4n) is 2.31. The van der Waals surface area contributed by atoms with Crippen LogP contribution >= 0.6 is 0 Å². The lowest BCUT2D eigenvalue weighted by Gasteiger charge is -2.27. The lowest BCUT2D eigenvalue weighted by Crippen LogP contribution is -2.45. The number of hydrogen-bond donors (Lipinski definition) is 0. The molecule has 24 heavy (non-hydrogen) atoms. The lowest BCUT2D eigenvalue weighted by molar-refractivity contribution is 0.0134. The van der Waals surface area contributed by atoms with Crippen molar-refractivity contribution in [3.8, 4) is 11.8 Å². The molecule has 1 aromatic rings. The van der Waals surface area contributed by atoms with Crippen molar-refractivity contribution in [2.45, 2.75) is 12.8 Å². The molecule has 1 saturated heterocycles. The van der Waals surface area contributed by atoms with Gasteiger partial charge in [-0.2, -0.15) is 4.98 Å². The number of rotatable bonds is 6. The van der Waals surface area contributed by atoms with E-state index in [4.69, 9.17) is 14.2 Å². The van der Waals surface area contributed by atoms with Crippen molar-refractivity contribution in [3.63, 3.8) is 0 Å². The van der Waals surface area contributed by atoms with E-state index in [1.54, 1.807) is 18.2 Å². The van der Waals surface area contributed by atoms with Crippen molar-refractivity contribution in [2.24, 2.45) is 0 Å². The molecule has 0 unspecified atom stereocenters. The van der Waals surface area contributed by atoms with Crippen LogP contribution in [-0.2, 0) is 4.74 Å². The number of methoxy groups -OCH3 is 2. The second-order valence-electron chi connectivity index (χ2n) is 5.01. The molecule has 0 saturated carbocycles. The van der Waals surface area contributed by atoms with E-state index in [0.29, 0.717) is 31.8 Å². The lowest BCUT2D eigenvalue weighted by atomic mass is 10.2. The molecule has 0 aromatic carbocycles. The molecule has 0 aliphatic carbocycles. The third kappa shape index (κ3) is 3.76. The molecule has 1 aromatic heterocycles. The standard InChI is InChI=1S/C16H21N3O5/c1-4-5-11-24-16(21)19-10-6-9-18(19)15(20)12-7-8-13(22-2)17-14(12)23-3/h4,7-8H,1,5-6,9-11H2,2-3H3. The molecule has 2 heterocycles. The van der Waals surface area contributed by atoms with E-state index in [9.17, 15) is 9.59 Å². The fourth-order valence-corrected chi connectivity index (χ4v) is 2.31. The normalized spacial score (nSPS) is 13.6. The van der Waals surface area contributed by atoms with Crippen LogP contribution in [0.5, 0.6) is 11.8 Å². The van der Waals surface area contributed by atoms with Gasteiger partial charge in [0.2, 0.25) is 11.8 Å². The van der Waals surface area contributed by atoms with E-state index in [0.717, 1.165) is 0 Å². The molecular formula is C16H21N3O5. The number of ether oxygens (including phenoxy) is 3. The predicted octanol–water partition coefficient (Wildman–Crippen LogP) is 1.87. The summed E-state index contributed by atoms with van der Waals surface area (Å²) in [5.41, 5.74) is 0.254. The maximum Gasteiger partial charge on any atom is 0.428 e. The maximum atomic E-state index is 12.8. The van der Waals surface area contributed by atoms with E-state index >= 15 is 0 Å². The molecule has 2 rings (SSSR count). The molecule has 0 radical (unpaired) electrons. The van der Waals surface area contributed by atoms with Crippen LogP contribution in [0.15, 0.2) is 24.8 Å². The largest absolute Gasteiger partial charge is 0.481 e. The van der Waals surface area contributed by atoms with Crippen LogP contribution in [0.3, 0.4) is 0 Å². The van der Waals surface area contributed by atoms with Gasteiger partial charge >= 0.3 is 6.09 Å². The van der Waals surface area contributed by atoms with Gasteiger partial charge in [0.25, 0.3) is 5.91 Å². The van der Waals surface area contributed by atoms with Crippen LogP contribution in [0.25, 0.3) is 0 Å². The Morgan fingerprint density at radius 3 is 2.67 bits per heavy atom. The first-order chi connectivity index (χ1) is 11.6. The summed E-state index contributed by atoms with van der Waals surface area (Å²) in [4.78, 5) is 29.0. The third-order valence-electron chi connectivity index (χ3n) is 3.49. The molecule has 0 N–H and O–H groups in total. The van der Waals surface area contributed by atoms with Gasteiger partial charge in [0.15, 0.2) is 0 Å². The van der Waals surface area contributed by atoms with Gasteiger partial charge in [-0.1, -0.05) is 6.08 Å². The summed E-state index contributed by atoms with van der Waals surface area (Å²) < 4.78 is 15.3. The van der Waals surface area contributed by atoms with Gasteiger partial charge in [0, 0.05) is 19.2 Å². The zero-order valence-electron chi connectivity index (χ0n) is 13.9. The molecule has 0 spiro atoms. The minimum atomic E-state index is -0.553. The van der Waals surface area contributed by atoms with Gasteiger partial charge in [-0.05, 0) is 18.9 Å². The van der Waals surface area contributed by atoms with Crippen LogP contribution in [0.1, 0.15) is 23.2 Å². The summed E-state index contributed by atoms with van der Waals surface area (Å²) in [6, 6.07) is 3.13. The summed E-state index contributed by atoms with van der Waals surface area (Å²) in [5, 5.41) is 2.65. The van der Waals surface area contributed by atoms with Crippen molar-refractivity contribution in [1.29, 1.82) is 0 Å². The van der Waals surface area contributed by atoms with Crippen LogP contribution in [0, 0.1) is 0 Å². The zero-order chi connectivity index (χ0) is 17.5. The first kappa shape index (κ1) is 17.6. The Morgan fingerprint density at radius 2 is 2.00 bits per heavy atom. The summed E-state index contributed by atoms with van der Waals surface area (Å²) >= 11 is 0. The quantitative estimate of drug-likeness (QED) is 0.583. The van der Waals surface area contributed by atoms with Crippen LogP contribution < -0.4 is 9.47 Å². The van der Waals surface area contributed by atoms with Crippen molar-refractivity contribution in [3.05, 3.63) is 30.4 Å². The average Bonchev–Trinajstić information content (AvgIpc) is 3.10. The fraction of sp³-hybridized carbons (Fsp3) is 0.438. The Kier molecular flexibility index (Phi) is 6.00. The molecule has 2 amide bonds. The third-order valence-corrected chi connectivity index (χ3v) is 3.49. The number of pyridine rings is 1. The molecule has 1 fully saturated rings. The Balaban J connectivity index is 2.15. The molecule has 1 aliphatic rings. The van der Waals surface area contributed by atoms with Gasteiger partial charge in [0.1, 0.15) is 5.56 Å². The molecule has 0 atom stereocenters. The molecule has 1 aliphatic heterocycles. The van der Waals surface area contributed by atoms with E-state index in [2.05, 4.69) is 11.6 Å². The van der Waals surface area contributed by atoms with Crippen molar-refractivity contribution in [1.82, 2.24) is 15.0 Å². The predicted molar refractivity (Wildman–Crippen MR) is 85.9 cm³/mol. The van der Waals surface area contributed by atoms with E-state index in [1.807, 2.05) is 0 Å². The Morgan fingerprint density at radius 1 is 1.25 bits per heavy atom. The highest BCUT2D eigenvalue weighted by molar-refractivity contribution is 5.97. The first-order valence-corrected chi connectivity index (χ1v) is 7.58. The van der Waals surface area contributed by atoms with Gasteiger partial charge in [-0.15, -0.1) is 6.58 Å². The number of hydrogen-bond acceptors (Lipinski definition) is 6. The molecule has 130 valence electrons. The topological polar surface area (TPSA) is 81.2 Å². The summed E-state index contributed by atoms with van der Waals surface area (Å²) in [6.07, 6.45) is 2.34. The van der Waals surface area contributed by atoms with Crippen LogP contribution in [0.2, 0.25) is 0 Å². The van der Waals surface area contributed by atoms with E-state index in [1.165, 1.54) is 24.2 Å². The minimum absolute atomic E-state index is 0.145. The highest BCUT2D eigenvalue weighted by atomic mass is 16.6. The Bertz CT molecular complexity index is 620. The summed E-state index contributed by atoms with van der Waals surface area (Å²) in [7, 11) is 2.90. The van der Waals surface area contributed by atoms with Gasteiger partial charge < -0.3 is 14.2 Å². The van der Waals surface area contributed by atoms with Gasteiger partial charge in [-0.25, -0.2) is 14.8 Å². The number of carbonyl (C=O) groups is 2. The molecule has 0 bridgehead atoms. The van der Waals surface area contributed by atoms with Crippen LogP contribution in [0.4, 0.5) is 4.79 Å². The number of aromatic nitrogens is 1. The molecular weight excluding hydrogens is 314 g/mol. The SMILES string of the molecule is C=CCCOC(=O)N1CCCN1C(=O)c1ccc(OC)nc1OC. The highest BCUT2D eigenvalue weighted by Gasteiger charge is 2.34. The molecule has 8 nitrogen and oxygen atoms in total. The van der Waals surface area contributed by atoms with Crippen LogP contribution in [-0.4, -0.2) is 60.9 Å². The number of amides is 2. The Labute approximate surface area is 140 Å². The van der Waals surface area contributed by atoms with E-state index in [-0.39, 0.29) is 24.0 Å². The van der Waals surface area contributed by atoms with Crippen molar-refractivity contribution < 1.29 is 23.8 Å². The number of carbonyl (C=O) groups excluding carboxylic acids is 2.